The Hall–Kier alpha value is 0.210. The Morgan fingerprint density at radius 3 is 2.27 bits per heavy atom. The lowest BCUT2D eigenvalue weighted by Crippen LogP contribution is -2.37. The summed E-state index contributed by atoms with van der Waals surface area (Å²) in [7, 11) is 0. The Balaban J connectivity index is 3.62. The van der Waals surface area contributed by atoms with E-state index in [0.717, 1.165) is 25.5 Å². The Bertz CT molecular complexity index is 154. The van der Waals surface area contributed by atoms with Gasteiger partial charge in [0.05, 0.1) is 12.2 Å². The monoisotopic (exact) mass is 235 g/mol. The predicted octanol–water partition coefficient (Wildman–Crippen LogP) is 3.04. The van der Waals surface area contributed by atoms with Crippen molar-refractivity contribution in [3.8, 4) is 0 Å². The molecule has 0 aliphatic rings. The maximum Gasteiger partial charge on any atom is 0.0599 e. The highest BCUT2D eigenvalue weighted by molar-refractivity contribution is 6.17. The molecule has 0 spiro atoms. The molecule has 1 N–H and O–H groups in total. The first-order chi connectivity index (χ1) is 6.87. The second-order valence-electron chi connectivity index (χ2n) is 5.24. The van der Waals surface area contributed by atoms with Gasteiger partial charge in [0.2, 0.25) is 0 Å². The van der Waals surface area contributed by atoms with Crippen molar-refractivity contribution in [2.45, 2.75) is 52.7 Å². The number of hydrogen-bond donors (Lipinski definition) is 1. The Morgan fingerprint density at radius 2 is 1.87 bits per heavy atom. The van der Waals surface area contributed by atoms with Gasteiger partial charge in [0.25, 0.3) is 0 Å². The molecule has 0 rings (SSSR count). The molecule has 15 heavy (non-hydrogen) atoms. The van der Waals surface area contributed by atoms with Crippen molar-refractivity contribution in [1.82, 2.24) is 5.32 Å². The van der Waals surface area contributed by atoms with Gasteiger partial charge >= 0.3 is 0 Å². The number of nitrogens with one attached hydrogen (secondary N) is 1. The van der Waals surface area contributed by atoms with Crippen molar-refractivity contribution in [2.75, 3.05) is 19.0 Å². The Kier molecular flexibility index (Phi) is 7.58. The first kappa shape index (κ1) is 15.2. The lowest BCUT2D eigenvalue weighted by Gasteiger charge is -2.24. The molecule has 0 aromatic carbocycles. The van der Waals surface area contributed by atoms with Gasteiger partial charge in [0.1, 0.15) is 0 Å². The summed E-state index contributed by atoms with van der Waals surface area (Å²) in [6.45, 7) is 12.3. The Morgan fingerprint density at radius 1 is 1.27 bits per heavy atom. The molecular formula is C12H26ClNO. The number of halogens is 1. The van der Waals surface area contributed by atoms with Crippen LogP contribution in [0.15, 0.2) is 0 Å². The summed E-state index contributed by atoms with van der Waals surface area (Å²) in [4.78, 5) is 0. The first-order valence-electron chi connectivity index (χ1n) is 5.80. The van der Waals surface area contributed by atoms with Crippen LogP contribution in [0.2, 0.25) is 0 Å². The van der Waals surface area contributed by atoms with Crippen molar-refractivity contribution in [1.29, 1.82) is 0 Å². The maximum atomic E-state index is 5.75. The molecule has 0 heterocycles. The van der Waals surface area contributed by atoms with E-state index in [1.807, 2.05) is 0 Å². The third kappa shape index (κ3) is 9.16. The molecule has 1 unspecified atom stereocenters. The van der Waals surface area contributed by atoms with Crippen LogP contribution in [0.5, 0.6) is 0 Å². The normalized spacial score (nSPS) is 14.6. The predicted molar refractivity (Wildman–Crippen MR) is 67.7 cm³/mol. The molecule has 3 heteroatoms. The first-order valence-corrected chi connectivity index (χ1v) is 6.33. The van der Waals surface area contributed by atoms with Crippen LogP contribution in [0.1, 0.15) is 41.0 Å². The molecule has 0 aliphatic heterocycles. The molecule has 0 aliphatic carbocycles. The SMILES string of the molecule is CC(C)C(CCCl)NCCOC(C)(C)C. The van der Waals surface area contributed by atoms with Crippen LogP contribution in [0, 0.1) is 5.92 Å². The van der Waals surface area contributed by atoms with E-state index in [1.54, 1.807) is 0 Å². The van der Waals surface area contributed by atoms with Crippen molar-refractivity contribution in [3.05, 3.63) is 0 Å². The summed E-state index contributed by atoms with van der Waals surface area (Å²) >= 11 is 5.75. The van der Waals surface area contributed by atoms with Crippen molar-refractivity contribution >= 4 is 11.6 Å². The highest BCUT2D eigenvalue weighted by Gasteiger charge is 2.13. The highest BCUT2D eigenvalue weighted by atomic mass is 35.5. The van der Waals surface area contributed by atoms with Crippen LogP contribution in [0.4, 0.5) is 0 Å². The molecule has 0 aromatic heterocycles. The average Bonchev–Trinajstić information content (AvgIpc) is 2.08. The Labute approximate surface area is 99.7 Å². The molecular weight excluding hydrogens is 210 g/mol. The lowest BCUT2D eigenvalue weighted by molar-refractivity contribution is -0.00207. The van der Waals surface area contributed by atoms with Gasteiger partial charge in [-0.05, 0) is 33.1 Å². The summed E-state index contributed by atoms with van der Waals surface area (Å²) < 4.78 is 5.64. The van der Waals surface area contributed by atoms with Gasteiger partial charge in [-0.2, -0.15) is 0 Å². The molecule has 0 amide bonds. The summed E-state index contributed by atoms with van der Waals surface area (Å²) in [6.07, 6.45) is 1.02. The van der Waals surface area contributed by atoms with E-state index in [2.05, 4.69) is 39.9 Å². The van der Waals surface area contributed by atoms with E-state index in [9.17, 15) is 0 Å². The van der Waals surface area contributed by atoms with Gasteiger partial charge in [-0.15, -0.1) is 11.6 Å². The van der Waals surface area contributed by atoms with Crippen molar-refractivity contribution < 1.29 is 4.74 Å². The second kappa shape index (κ2) is 7.48. The molecule has 0 bridgehead atoms. The van der Waals surface area contributed by atoms with E-state index in [-0.39, 0.29) is 5.60 Å². The largest absolute Gasteiger partial charge is 0.375 e. The minimum atomic E-state index is -0.0402. The summed E-state index contributed by atoms with van der Waals surface area (Å²) in [5.74, 6) is 1.34. The number of rotatable bonds is 7. The zero-order valence-electron chi connectivity index (χ0n) is 10.8. The van der Waals surface area contributed by atoms with Gasteiger partial charge in [0, 0.05) is 18.5 Å². The van der Waals surface area contributed by atoms with Gasteiger partial charge in [0.15, 0.2) is 0 Å². The second-order valence-corrected chi connectivity index (χ2v) is 5.62. The lowest BCUT2D eigenvalue weighted by atomic mass is 10.0. The molecule has 0 aromatic rings. The third-order valence-electron chi connectivity index (χ3n) is 2.27. The fourth-order valence-corrected chi connectivity index (χ4v) is 1.63. The zero-order valence-corrected chi connectivity index (χ0v) is 11.5. The van der Waals surface area contributed by atoms with Crippen LogP contribution in [-0.2, 0) is 4.74 Å². The molecule has 92 valence electrons. The van der Waals surface area contributed by atoms with Gasteiger partial charge in [-0.25, -0.2) is 0 Å². The topological polar surface area (TPSA) is 21.3 Å². The van der Waals surface area contributed by atoms with Crippen molar-refractivity contribution in [3.63, 3.8) is 0 Å². The third-order valence-corrected chi connectivity index (χ3v) is 2.49. The number of hydrogen-bond acceptors (Lipinski definition) is 2. The maximum absolute atomic E-state index is 5.75. The zero-order chi connectivity index (χ0) is 11.9. The van der Waals surface area contributed by atoms with Gasteiger partial charge in [-0.3, -0.25) is 0 Å². The summed E-state index contributed by atoms with van der Waals surface area (Å²) in [5, 5.41) is 3.48. The smallest absolute Gasteiger partial charge is 0.0599 e. The molecule has 0 radical (unpaired) electrons. The minimum absolute atomic E-state index is 0.0402. The molecule has 0 saturated heterocycles. The van der Waals surface area contributed by atoms with Crippen molar-refractivity contribution in [2.24, 2.45) is 5.92 Å². The van der Waals surface area contributed by atoms with E-state index in [4.69, 9.17) is 16.3 Å². The quantitative estimate of drug-likeness (QED) is 0.541. The fourth-order valence-electron chi connectivity index (χ4n) is 1.39. The summed E-state index contributed by atoms with van der Waals surface area (Å²) in [6, 6.07) is 0.506. The highest BCUT2D eigenvalue weighted by Crippen LogP contribution is 2.08. The molecule has 2 nitrogen and oxygen atoms in total. The fraction of sp³-hybridized carbons (Fsp3) is 1.00. The molecule has 1 atom stereocenters. The van der Waals surface area contributed by atoms with Crippen LogP contribution in [0.25, 0.3) is 0 Å². The van der Waals surface area contributed by atoms with E-state index in [1.165, 1.54) is 0 Å². The molecule has 0 saturated carbocycles. The van der Waals surface area contributed by atoms with E-state index < -0.39 is 0 Å². The van der Waals surface area contributed by atoms with Gasteiger partial charge < -0.3 is 10.1 Å². The van der Waals surface area contributed by atoms with Crippen LogP contribution < -0.4 is 5.32 Å². The van der Waals surface area contributed by atoms with E-state index in [0.29, 0.717) is 12.0 Å². The number of ether oxygens (including phenoxy) is 1. The standard InChI is InChI=1S/C12H26ClNO/c1-10(2)11(6-7-13)14-8-9-15-12(3,4)5/h10-11,14H,6-9H2,1-5H3. The van der Waals surface area contributed by atoms with Crippen LogP contribution in [0.3, 0.4) is 0 Å². The van der Waals surface area contributed by atoms with E-state index >= 15 is 0 Å². The van der Waals surface area contributed by atoms with Gasteiger partial charge in [-0.1, -0.05) is 13.8 Å². The number of alkyl halides is 1. The minimum Gasteiger partial charge on any atom is -0.375 e. The van der Waals surface area contributed by atoms with Crippen LogP contribution >= 0.6 is 11.6 Å². The average molecular weight is 236 g/mol. The van der Waals surface area contributed by atoms with Crippen LogP contribution in [-0.4, -0.2) is 30.7 Å². The molecule has 0 fully saturated rings. The summed E-state index contributed by atoms with van der Waals surface area (Å²) in [5.41, 5.74) is -0.0402.